The van der Waals surface area contributed by atoms with Gasteiger partial charge in [-0.25, -0.2) is 8.42 Å². The molecule has 26 heavy (non-hydrogen) atoms. The largest absolute Gasteiger partial charge is 0.338 e. The third-order valence-electron chi connectivity index (χ3n) is 5.21. The number of hydrogen-bond acceptors (Lipinski definition) is 4. The van der Waals surface area contributed by atoms with Crippen molar-refractivity contribution < 1.29 is 13.2 Å². The summed E-state index contributed by atoms with van der Waals surface area (Å²) in [6.07, 6.45) is 3.54. The molecule has 1 aromatic rings. The van der Waals surface area contributed by atoms with Gasteiger partial charge in [0.05, 0.1) is 10.8 Å². The monoisotopic (exact) mass is 401 g/mol. The van der Waals surface area contributed by atoms with E-state index in [4.69, 9.17) is 0 Å². The van der Waals surface area contributed by atoms with E-state index < -0.39 is 10.0 Å². The van der Waals surface area contributed by atoms with Crippen molar-refractivity contribution >= 4 is 28.3 Å². The van der Waals surface area contributed by atoms with Crippen molar-refractivity contribution in [3.05, 3.63) is 30.3 Å². The van der Waals surface area contributed by atoms with E-state index in [1.54, 1.807) is 30.3 Å². The SMILES string of the molecule is CNCC1CCCN1C(=O)C1CCCN(S(=O)(=O)c2ccccc2)C1.Cl. The molecule has 1 aromatic carbocycles. The number of piperidine rings is 1. The number of amides is 1. The van der Waals surface area contributed by atoms with Crippen molar-refractivity contribution in [2.45, 2.75) is 36.6 Å². The molecule has 2 unspecified atom stereocenters. The molecule has 0 saturated carbocycles. The number of carbonyl (C=O) groups is 1. The maximum absolute atomic E-state index is 13.0. The van der Waals surface area contributed by atoms with E-state index in [1.165, 1.54) is 4.31 Å². The van der Waals surface area contributed by atoms with Crippen LogP contribution in [0.5, 0.6) is 0 Å². The van der Waals surface area contributed by atoms with Crippen LogP contribution < -0.4 is 5.32 Å². The van der Waals surface area contributed by atoms with Gasteiger partial charge in [-0.05, 0) is 44.9 Å². The standard InChI is InChI=1S/C18H27N3O3S.ClH/c1-19-13-16-8-6-12-21(16)18(22)15-7-5-11-20(14-15)25(23,24)17-9-3-2-4-10-17;/h2-4,9-10,15-16,19H,5-8,11-14H2,1H3;1H. The summed E-state index contributed by atoms with van der Waals surface area (Å²) in [7, 11) is -1.63. The summed E-state index contributed by atoms with van der Waals surface area (Å²) >= 11 is 0. The Kier molecular flexibility index (Phi) is 7.46. The van der Waals surface area contributed by atoms with Crippen LogP contribution in [0.3, 0.4) is 0 Å². The lowest BCUT2D eigenvalue weighted by molar-refractivity contribution is -0.137. The molecule has 6 nitrogen and oxygen atoms in total. The Hall–Kier alpha value is -1.15. The molecule has 3 rings (SSSR count). The zero-order valence-electron chi connectivity index (χ0n) is 15.1. The maximum atomic E-state index is 13.0. The van der Waals surface area contributed by atoms with Crippen molar-refractivity contribution in [1.29, 1.82) is 0 Å². The Labute approximate surface area is 162 Å². The Bertz CT molecular complexity index is 699. The summed E-state index contributed by atoms with van der Waals surface area (Å²) in [6.45, 7) is 2.36. The molecule has 0 spiro atoms. The molecule has 8 heteroatoms. The predicted octanol–water partition coefficient (Wildman–Crippen LogP) is 1.72. The second kappa shape index (κ2) is 9.17. The lowest BCUT2D eigenvalue weighted by Crippen LogP contribution is -2.49. The van der Waals surface area contributed by atoms with Gasteiger partial charge < -0.3 is 10.2 Å². The number of halogens is 1. The highest BCUT2D eigenvalue weighted by Crippen LogP contribution is 2.27. The summed E-state index contributed by atoms with van der Waals surface area (Å²) in [5.41, 5.74) is 0. The van der Waals surface area contributed by atoms with Crippen molar-refractivity contribution in [2.75, 3.05) is 33.2 Å². The minimum absolute atomic E-state index is 0. The molecule has 2 saturated heterocycles. The molecule has 2 fully saturated rings. The van der Waals surface area contributed by atoms with Crippen molar-refractivity contribution in [3.63, 3.8) is 0 Å². The van der Waals surface area contributed by atoms with Gasteiger partial charge in [-0.15, -0.1) is 12.4 Å². The molecule has 2 atom stereocenters. The Morgan fingerprint density at radius 1 is 1.15 bits per heavy atom. The zero-order valence-corrected chi connectivity index (χ0v) is 16.8. The highest BCUT2D eigenvalue weighted by Gasteiger charge is 2.37. The van der Waals surface area contributed by atoms with Gasteiger partial charge in [-0.2, -0.15) is 4.31 Å². The van der Waals surface area contributed by atoms with Crippen LogP contribution in [0.1, 0.15) is 25.7 Å². The van der Waals surface area contributed by atoms with E-state index in [1.807, 2.05) is 11.9 Å². The van der Waals surface area contributed by atoms with Crippen LogP contribution in [-0.2, 0) is 14.8 Å². The summed E-state index contributed by atoms with van der Waals surface area (Å²) in [5, 5.41) is 3.15. The first-order valence-electron chi connectivity index (χ1n) is 9.04. The zero-order chi connectivity index (χ0) is 17.9. The minimum Gasteiger partial charge on any atom is -0.338 e. The first-order chi connectivity index (χ1) is 12.0. The molecule has 2 aliphatic rings. The molecule has 2 heterocycles. The van der Waals surface area contributed by atoms with Crippen LogP contribution in [0.2, 0.25) is 0 Å². The fourth-order valence-electron chi connectivity index (χ4n) is 3.91. The highest BCUT2D eigenvalue weighted by molar-refractivity contribution is 7.89. The Morgan fingerprint density at radius 2 is 1.85 bits per heavy atom. The number of sulfonamides is 1. The van der Waals surface area contributed by atoms with Gasteiger partial charge in [-0.3, -0.25) is 4.79 Å². The van der Waals surface area contributed by atoms with Crippen molar-refractivity contribution in [1.82, 2.24) is 14.5 Å². The Morgan fingerprint density at radius 3 is 2.54 bits per heavy atom. The Balaban J connectivity index is 0.00000243. The van der Waals surface area contributed by atoms with E-state index in [9.17, 15) is 13.2 Å². The van der Waals surface area contributed by atoms with E-state index in [-0.39, 0.29) is 30.3 Å². The van der Waals surface area contributed by atoms with Crippen LogP contribution in [-0.4, -0.2) is 62.8 Å². The van der Waals surface area contributed by atoms with Gasteiger partial charge in [0.1, 0.15) is 0 Å². The van der Waals surface area contributed by atoms with Crippen LogP contribution in [0, 0.1) is 5.92 Å². The molecule has 1 amide bonds. The molecule has 0 bridgehead atoms. The normalized spacial score (nSPS) is 24.3. The van der Waals surface area contributed by atoms with Crippen LogP contribution in [0.15, 0.2) is 35.2 Å². The van der Waals surface area contributed by atoms with E-state index in [2.05, 4.69) is 5.32 Å². The average molecular weight is 402 g/mol. The fourth-order valence-corrected chi connectivity index (χ4v) is 5.46. The lowest BCUT2D eigenvalue weighted by atomic mass is 9.97. The van der Waals surface area contributed by atoms with Crippen LogP contribution in [0.4, 0.5) is 0 Å². The second-order valence-corrected chi connectivity index (χ2v) is 8.84. The number of rotatable bonds is 5. The predicted molar refractivity (Wildman–Crippen MR) is 104 cm³/mol. The maximum Gasteiger partial charge on any atom is 0.243 e. The van der Waals surface area contributed by atoms with Gasteiger partial charge in [-0.1, -0.05) is 18.2 Å². The summed E-state index contributed by atoms with van der Waals surface area (Å²) < 4.78 is 27.2. The summed E-state index contributed by atoms with van der Waals surface area (Å²) in [4.78, 5) is 15.2. The van der Waals surface area contributed by atoms with Crippen LogP contribution in [0.25, 0.3) is 0 Å². The summed E-state index contributed by atoms with van der Waals surface area (Å²) in [5.74, 6) is -0.115. The molecular weight excluding hydrogens is 374 g/mol. The number of likely N-dealkylation sites (N-methyl/N-ethyl adjacent to an activating group) is 1. The van der Waals surface area contributed by atoms with Gasteiger partial charge >= 0.3 is 0 Å². The smallest absolute Gasteiger partial charge is 0.243 e. The minimum atomic E-state index is -3.53. The lowest BCUT2D eigenvalue weighted by Gasteiger charge is -2.35. The average Bonchev–Trinajstić information content (AvgIpc) is 3.10. The molecule has 0 radical (unpaired) electrons. The number of likely N-dealkylation sites (tertiary alicyclic amines) is 1. The van der Waals surface area contributed by atoms with Gasteiger partial charge in [0.25, 0.3) is 0 Å². The van der Waals surface area contributed by atoms with Gasteiger partial charge in [0.15, 0.2) is 0 Å². The van der Waals surface area contributed by atoms with Crippen molar-refractivity contribution in [2.24, 2.45) is 5.92 Å². The van der Waals surface area contributed by atoms with Crippen LogP contribution >= 0.6 is 12.4 Å². The molecular formula is C18H28ClN3O3S. The molecule has 146 valence electrons. The third kappa shape index (κ3) is 4.39. The number of carbonyl (C=O) groups excluding carboxylic acids is 1. The fraction of sp³-hybridized carbons (Fsp3) is 0.611. The number of benzene rings is 1. The van der Waals surface area contributed by atoms with Crippen molar-refractivity contribution in [3.8, 4) is 0 Å². The molecule has 0 aliphatic carbocycles. The van der Waals surface area contributed by atoms with E-state index >= 15 is 0 Å². The number of nitrogens with one attached hydrogen (secondary N) is 1. The molecule has 0 aromatic heterocycles. The third-order valence-corrected chi connectivity index (χ3v) is 7.09. The van der Waals surface area contributed by atoms with E-state index in [0.717, 1.165) is 38.8 Å². The quantitative estimate of drug-likeness (QED) is 0.815. The second-order valence-electron chi connectivity index (χ2n) is 6.90. The summed E-state index contributed by atoms with van der Waals surface area (Å²) in [6, 6.07) is 8.72. The first-order valence-corrected chi connectivity index (χ1v) is 10.5. The van der Waals surface area contributed by atoms with E-state index in [0.29, 0.717) is 18.0 Å². The van der Waals surface area contributed by atoms with Gasteiger partial charge in [0.2, 0.25) is 15.9 Å². The number of nitrogens with zero attached hydrogens (tertiary/aromatic N) is 2. The van der Waals surface area contributed by atoms with Gasteiger partial charge in [0, 0.05) is 32.2 Å². The first kappa shape index (κ1) is 21.2. The molecule has 1 N–H and O–H groups in total. The number of hydrogen-bond donors (Lipinski definition) is 1. The highest BCUT2D eigenvalue weighted by atomic mass is 35.5. The topological polar surface area (TPSA) is 69.7 Å². The molecule has 2 aliphatic heterocycles.